The summed E-state index contributed by atoms with van der Waals surface area (Å²) in [6.07, 6.45) is 0.765. The molecule has 0 bridgehead atoms. The topological polar surface area (TPSA) is 89.5 Å². The molecule has 5 rings (SSSR count). The van der Waals surface area contributed by atoms with Gasteiger partial charge in [0.15, 0.2) is 12.2 Å². The van der Waals surface area contributed by atoms with Crippen molar-refractivity contribution >= 4 is 33.5 Å². The fourth-order valence-electron chi connectivity index (χ4n) is 4.58. The highest BCUT2D eigenvalue weighted by Crippen LogP contribution is 2.24. The molecule has 8 nitrogen and oxygen atoms in total. The Hall–Kier alpha value is -5.76. The van der Waals surface area contributed by atoms with E-state index in [0.717, 1.165) is 33.7 Å². The summed E-state index contributed by atoms with van der Waals surface area (Å²) in [4.78, 5) is 24.0. The Morgan fingerprint density at radius 1 is 0.478 bits per heavy atom. The second kappa shape index (κ2) is 15.8. The van der Waals surface area contributed by atoms with Crippen LogP contribution in [-0.2, 0) is 19.1 Å². The monoisotopic (exact) mass is 618 g/mol. The summed E-state index contributed by atoms with van der Waals surface area (Å²) in [6.45, 7) is 7.15. The highest BCUT2D eigenvalue weighted by molar-refractivity contribution is 5.84. The minimum atomic E-state index is -0.712. The number of fused-ring (bicyclic) bond motifs is 2. The Bertz CT molecular complexity index is 1690. The number of ether oxygens (including phenoxy) is 6. The summed E-state index contributed by atoms with van der Waals surface area (Å²) in [7, 11) is 0. The standard InChI is InChI=1S/C38H34O8/c1-3-37(39)45-35(25-43-33-18-16-27-10-5-7-12-29(27)20-33)23-41-31-14-9-15-32(22-31)42-24-36(46-38(40)4-2)26-44-34-19-17-28-11-6-8-13-30(28)21-34/h3-22,35-36H,1-2,23-26H2. The molecule has 0 N–H and O–H groups in total. The Kier molecular flexibility index (Phi) is 10.9. The zero-order chi connectivity index (χ0) is 32.1. The van der Waals surface area contributed by atoms with Gasteiger partial charge in [-0.3, -0.25) is 0 Å². The Labute approximate surface area is 267 Å². The Morgan fingerprint density at radius 2 is 0.848 bits per heavy atom. The van der Waals surface area contributed by atoms with Gasteiger partial charge in [0.1, 0.15) is 49.4 Å². The molecule has 234 valence electrons. The van der Waals surface area contributed by atoms with Crippen molar-refractivity contribution in [1.29, 1.82) is 0 Å². The largest absolute Gasteiger partial charge is 0.490 e. The first-order chi connectivity index (χ1) is 22.5. The van der Waals surface area contributed by atoms with Crippen LogP contribution in [0.2, 0.25) is 0 Å². The maximum Gasteiger partial charge on any atom is 0.330 e. The van der Waals surface area contributed by atoms with Crippen molar-refractivity contribution in [3.05, 3.63) is 135 Å². The van der Waals surface area contributed by atoms with Crippen LogP contribution in [0.1, 0.15) is 0 Å². The SMILES string of the molecule is C=CC(=O)OC(COc1cccc(OCC(COc2ccc3ccccc3c2)OC(=O)C=C)c1)COc1ccc2ccccc2c1. The van der Waals surface area contributed by atoms with Gasteiger partial charge in [0.2, 0.25) is 0 Å². The van der Waals surface area contributed by atoms with Gasteiger partial charge in [0.25, 0.3) is 0 Å². The zero-order valence-electron chi connectivity index (χ0n) is 25.2. The Morgan fingerprint density at radius 3 is 1.24 bits per heavy atom. The van der Waals surface area contributed by atoms with E-state index >= 15 is 0 Å². The van der Waals surface area contributed by atoms with Gasteiger partial charge in [-0.1, -0.05) is 79.9 Å². The molecule has 0 fully saturated rings. The average Bonchev–Trinajstić information content (AvgIpc) is 3.10. The first-order valence-electron chi connectivity index (χ1n) is 14.7. The van der Waals surface area contributed by atoms with Crippen LogP contribution in [0.4, 0.5) is 0 Å². The van der Waals surface area contributed by atoms with Crippen molar-refractivity contribution in [2.75, 3.05) is 26.4 Å². The molecule has 2 unspecified atom stereocenters. The normalized spacial score (nSPS) is 12.0. The summed E-state index contributed by atoms with van der Waals surface area (Å²) in [5, 5.41) is 4.26. The van der Waals surface area contributed by atoms with Crippen molar-refractivity contribution in [3.63, 3.8) is 0 Å². The highest BCUT2D eigenvalue weighted by atomic mass is 16.6. The van der Waals surface area contributed by atoms with Crippen LogP contribution in [0.25, 0.3) is 21.5 Å². The molecule has 0 radical (unpaired) electrons. The summed E-state index contributed by atoms with van der Waals surface area (Å²) < 4.78 is 34.7. The predicted octanol–water partition coefficient (Wildman–Crippen LogP) is 7.10. The maximum atomic E-state index is 12.0. The molecule has 2 atom stereocenters. The molecule has 8 heteroatoms. The van der Waals surface area contributed by atoms with Crippen LogP contribution < -0.4 is 18.9 Å². The van der Waals surface area contributed by atoms with E-state index < -0.39 is 24.1 Å². The summed E-state index contributed by atoms with van der Waals surface area (Å²) in [5.74, 6) is 1.08. The minimum absolute atomic E-state index is 0.0236. The molecule has 0 saturated heterocycles. The lowest BCUT2D eigenvalue weighted by molar-refractivity contribution is -0.146. The van der Waals surface area contributed by atoms with E-state index in [-0.39, 0.29) is 26.4 Å². The first kappa shape index (κ1) is 31.7. The van der Waals surface area contributed by atoms with Gasteiger partial charge >= 0.3 is 11.9 Å². The molecule has 0 amide bonds. The number of hydrogen-bond donors (Lipinski definition) is 0. The number of hydrogen-bond acceptors (Lipinski definition) is 8. The second-order valence-electron chi connectivity index (χ2n) is 10.3. The lowest BCUT2D eigenvalue weighted by Crippen LogP contribution is -2.31. The van der Waals surface area contributed by atoms with Crippen LogP contribution >= 0.6 is 0 Å². The van der Waals surface area contributed by atoms with Gasteiger partial charge < -0.3 is 28.4 Å². The van der Waals surface area contributed by atoms with E-state index in [2.05, 4.69) is 13.2 Å². The summed E-state index contributed by atoms with van der Waals surface area (Å²) in [5.41, 5.74) is 0. The minimum Gasteiger partial charge on any atom is -0.490 e. The van der Waals surface area contributed by atoms with E-state index in [4.69, 9.17) is 28.4 Å². The average molecular weight is 619 g/mol. The first-order valence-corrected chi connectivity index (χ1v) is 14.7. The lowest BCUT2D eigenvalue weighted by atomic mass is 10.1. The van der Waals surface area contributed by atoms with Crippen molar-refractivity contribution in [1.82, 2.24) is 0 Å². The van der Waals surface area contributed by atoms with E-state index in [0.29, 0.717) is 23.0 Å². The molecule has 0 aliphatic carbocycles. The fourth-order valence-corrected chi connectivity index (χ4v) is 4.58. The van der Waals surface area contributed by atoms with Gasteiger partial charge in [-0.25, -0.2) is 9.59 Å². The Balaban J connectivity index is 1.17. The zero-order valence-corrected chi connectivity index (χ0v) is 25.2. The number of rotatable bonds is 16. The second-order valence-corrected chi connectivity index (χ2v) is 10.3. The highest BCUT2D eigenvalue weighted by Gasteiger charge is 2.18. The van der Waals surface area contributed by atoms with Gasteiger partial charge in [0, 0.05) is 18.2 Å². The number of benzene rings is 5. The predicted molar refractivity (Wildman–Crippen MR) is 176 cm³/mol. The van der Waals surface area contributed by atoms with E-state index in [1.807, 2.05) is 84.9 Å². The van der Waals surface area contributed by atoms with Crippen LogP contribution in [0.15, 0.2) is 135 Å². The quantitative estimate of drug-likeness (QED) is 0.0855. The number of carbonyl (C=O) groups is 2. The van der Waals surface area contributed by atoms with Gasteiger partial charge in [-0.15, -0.1) is 0 Å². The molecule has 5 aromatic carbocycles. The molecule has 0 heterocycles. The van der Waals surface area contributed by atoms with E-state index in [1.165, 1.54) is 0 Å². The smallest absolute Gasteiger partial charge is 0.330 e. The fraction of sp³-hybridized carbons (Fsp3) is 0.158. The van der Waals surface area contributed by atoms with Crippen LogP contribution in [-0.4, -0.2) is 50.6 Å². The van der Waals surface area contributed by atoms with Crippen LogP contribution in [0.5, 0.6) is 23.0 Å². The van der Waals surface area contributed by atoms with E-state index in [1.54, 1.807) is 24.3 Å². The van der Waals surface area contributed by atoms with Crippen molar-refractivity contribution < 1.29 is 38.0 Å². The molecule has 0 saturated carbocycles. The van der Waals surface area contributed by atoms with Crippen LogP contribution in [0.3, 0.4) is 0 Å². The third kappa shape index (κ3) is 9.12. The molecular formula is C38H34O8. The molecule has 0 spiro atoms. The molecule has 0 aliphatic rings. The molecular weight excluding hydrogens is 584 g/mol. The third-order valence-corrected chi connectivity index (χ3v) is 6.89. The molecule has 0 aliphatic heterocycles. The van der Waals surface area contributed by atoms with Crippen molar-refractivity contribution in [3.8, 4) is 23.0 Å². The van der Waals surface area contributed by atoms with Crippen molar-refractivity contribution in [2.24, 2.45) is 0 Å². The summed E-state index contributed by atoms with van der Waals surface area (Å²) in [6, 6.07) is 34.4. The van der Waals surface area contributed by atoms with Crippen LogP contribution in [0, 0.1) is 0 Å². The van der Waals surface area contributed by atoms with E-state index in [9.17, 15) is 9.59 Å². The maximum absolute atomic E-state index is 12.0. The molecule has 0 aromatic heterocycles. The number of esters is 2. The number of carbonyl (C=O) groups excluding carboxylic acids is 2. The van der Waals surface area contributed by atoms with Gasteiger partial charge in [-0.05, 0) is 57.9 Å². The molecule has 46 heavy (non-hydrogen) atoms. The lowest BCUT2D eigenvalue weighted by Gasteiger charge is -2.20. The van der Waals surface area contributed by atoms with Gasteiger partial charge in [-0.2, -0.15) is 0 Å². The van der Waals surface area contributed by atoms with Gasteiger partial charge in [0.05, 0.1) is 0 Å². The van der Waals surface area contributed by atoms with Crippen molar-refractivity contribution in [2.45, 2.75) is 12.2 Å². The summed E-state index contributed by atoms with van der Waals surface area (Å²) >= 11 is 0. The molecule has 5 aromatic rings. The third-order valence-electron chi connectivity index (χ3n) is 6.89.